The summed E-state index contributed by atoms with van der Waals surface area (Å²) in [6, 6.07) is 7.83. The molecule has 2 aliphatic rings. The number of amides is 1. The highest BCUT2D eigenvalue weighted by Crippen LogP contribution is 2.52. The van der Waals surface area contributed by atoms with E-state index in [4.69, 9.17) is 0 Å². The molecule has 0 unspecified atom stereocenters. The van der Waals surface area contributed by atoms with Gasteiger partial charge in [-0.25, -0.2) is 5.43 Å². The van der Waals surface area contributed by atoms with Crippen LogP contribution in [-0.4, -0.2) is 12.1 Å². The van der Waals surface area contributed by atoms with Crippen molar-refractivity contribution in [3.05, 3.63) is 46.5 Å². The van der Waals surface area contributed by atoms with E-state index >= 15 is 0 Å². The fourth-order valence-corrected chi connectivity index (χ4v) is 3.68. The van der Waals surface area contributed by atoms with Crippen molar-refractivity contribution in [3.8, 4) is 0 Å². The molecule has 0 radical (unpaired) electrons. The minimum Gasteiger partial charge on any atom is -0.273 e. The molecule has 0 aliphatic heterocycles. The van der Waals surface area contributed by atoms with E-state index in [1.165, 1.54) is 0 Å². The Morgan fingerprint density at radius 1 is 1.24 bits per heavy atom. The number of nitrogens with zero attached hydrogens (tertiary/aromatic N) is 1. The average molecular weight is 347 g/mol. The highest BCUT2D eigenvalue weighted by molar-refractivity contribution is 9.10. The maximum Gasteiger partial charge on any atom is 0.243 e. The number of rotatable bonds is 3. The second-order valence-corrected chi connectivity index (χ2v) is 6.68. The van der Waals surface area contributed by atoms with Crippen molar-refractivity contribution in [1.29, 1.82) is 0 Å². The standard InChI is InChI=1S/C17H19BrN2O/c18-13-7-5-6-12(10-13)11-19-20-17(21)16-14-8-3-1-2-4-9-15(14)16/h1-2,5-7,10-11,14-16H,3-4,8-9H2,(H,20,21)/b2-1-,19-11-/t14-,15-/m1/s1. The normalized spacial score (nSPS) is 29.3. The monoisotopic (exact) mass is 346 g/mol. The molecule has 1 saturated carbocycles. The molecule has 0 spiro atoms. The number of carbonyl (C=O) groups is 1. The lowest BCUT2D eigenvalue weighted by molar-refractivity contribution is -0.122. The summed E-state index contributed by atoms with van der Waals surface area (Å²) in [5.74, 6) is 1.38. The fourth-order valence-electron chi connectivity index (χ4n) is 3.27. The SMILES string of the molecule is O=C(N/N=C\c1cccc(Br)c1)C1[C@@H]2CC/C=C\CC[C@@H]12. The number of fused-ring (bicyclic) bond motifs is 1. The first-order valence-electron chi connectivity index (χ1n) is 7.49. The Labute approximate surface area is 133 Å². The van der Waals surface area contributed by atoms with Crippen LogP contribution in [0.25, 0.3) is 0 Å². The summed E-state index contributed by atoms with van der Waals surface area (Å²) in [5.41, 5.74) is 3.67. The van der Waals surface area contributed by atoms with Crippen LogP contribution in [0.4, 0.5) is 0 Å². The summed E-state index contributed by atoms with van der Waals surface area (Å²) in [6.07, 6.45) is 10.7. The van der Waals surface area contributed by atoms with Crippen molar-refractivity contribution >= 4 is 28.1 Å². The maximum atomic E-state index is 12.2. The van der Waals surface area contributed by atoms with E-state index in [0.29, 0.717) is 11.8 Å². The zero-order valence-corrected chi connectivity index (χ0v) is 13.4. The first-order chi connectivity index (χ1) is 10.3. The molecule has 1 aromatic carbocycles. The number of hydrazone groups is 1. The molecular weight excluding hydrogens is 328 g/mol. The second-order valence-electron chi connectivity index (χ2n) is 5.77. The van der Waals surface area contributed by atoms with Crippen molar-refractivity contribution in [2.75, 3.05) is 0 Å². The Balaban J connectivity index is 1.53. The lowest BCUT2D eigenvalue weighted by Crippen LogP contribution is -2.21. The Bertz CT molecular complexity index is 566. The van der Waals surface area contributed by atoms with Crippen molar-refractivity contribution in [2.45, 2.75) is 25.7 Å². The van der Waals surface area contributed by atoms with Crippen LogP contribution >= 0.6 is 15.9 Å². The Hall–Kier alpha value is -1.42. The Morgan fingerprint density at radius 3 is 2.62 bits per heavy atom. The van der Waals surface area contributed by atoms with E-state index in [2.05, 4.69) is 38.6 Å². The van der Waals surface area contributed by atoms with Crippen molar-refractivity contribution < 1.29 is 4.79 Å². The molecule has 1 aromatic rings. The summed E-state index contributed by atoms with van der Waals surface area (Å²) < 4.78 is 1.01. The van der Waals surface area contributed by atoms with Gasteiger partial charge in [0.15, 0.2) is 0 Å². The summed E-state index contributed by atoms with van der Waals surface area (Å²) in [4.78, 5) is 12.2. The number of nitrogens with one attached hydrogen (secondary N) is 1. The molecule has 21 heavy (non-hydrogen) atoms. The highest BCUT2D eigenvalue weighted by Gasteiger charge is 2.53. The van der Waals surface area contributed by atoms with Crippen molar-refractivity contribution in [3.63, 3.8) is 0 Å². The number of allylic oxidation sites excluding steroid dienone is 2. The minimum absolute atomic E-state index is 0.0816. The quantitative estimate of drug-likeness (QED) is 0.503. The number of carbonyl (C=O) groups excluding carboxylic acids is 1. The first-order valence-corrected chi connectivity index (χ1v) is 8.28. The van der Waals surface area contributed by atoms with Crippen LogP contribution in [0.2, 0.25) is 0 Å². The lowest BCUT2D eigenvalue weighted by Gasteiger charge is -1.99. The van der Waals surface area contributed by atoms with E-state index in [0.717, 1.165) is 35.7 Å². The van der Waals surface area contributed by atoms with Crippen molar-refractivity contribution in [1.82, 2.24) is 5.43 Å². The van der Waals surface area contributed by atoms with Gasteiger partial charge < -0.3 is 0 Å². The molecule has 4 heteroatoms. The number of hydrogen-bond donors (Lipinski definition) is 1. The molecule has 3 rings (SSSR count). The van der Waals surface area contributed by atoms with Gasteiger partial charge in [-0.1, -0.05) is 40.2 Å². The predicted octanol–water partition coefficient (Wildman–Crippen LogP) is 3.89. The van der Waals surface area contributed by atoms with Gasteiger partial charge in [-0.05, 0) is 55.2 Å². The van der Waals surface area contributed by atoms with Crippen LogP contribution in [0.15, 0.2) is 46.0 Å². The van der Waals surface area contributed by atoms with Gasteiger partial charge >= 0.3 is 0 Å². The van der Waals surface area contributed by atoms with Gasteiger partial charge in [0.2, 0.25) is 5.91 Å². The van der Waals surface area contributed by atoms with Gasteiger partial charge in [-0.2, -0.15) is 5.10 Å². The van der Waals surface area contributed by atoms with E-state index < -0.39 is 0 Å². The topological polar surface area (TPSA) is 41.5 Å². The number of benzene rings is 1. The highest BCUT2D eigenvalue weighted by atomic mass is 79.9. The van der Waals surface area contributed by atoms with Crippen LogP contribution in [0.1, 0.15) is 31.2 Å². The third-order valence-electron chi connectivity index (χ3n) is 4.37. The number of hydrogen-bond acceptors (Lipinski definition) is 2. The van der Waals surface area contributed by atoms with E-state index in [-0.39, 0.29) is 11.8 Å². The van der Waals surface area contributed by atoms with Crippen LogP contribution in [0, 0.1) is 17.8 Å². The zero-order chi connectivity index (χ0) is 14.7. The summed E-state index contributed by atoms with van der Waals surface area (Å²) in [5, 5.41) is 4.09. The van der Waals surface area contributed by atoms with Gasteiger partial charge in [0.25, 0.3) is 0 Å². The minimum atomic E-state index is 0.0816. The molecule has 0 aromatic heterocycles. The molecule has 1 N–H and O–H groups in total. The van der Waals surface area contributed by atoms with Crippen LogP contribution in [0.5, 0.6) is 0 Å². The third kappa shape index (κ3) is 3.62. The fraction of sp³-hybridized carbons (Fsp3) is 0.412. The molecule has 2 aliphatic carbocycles. The second kappa shape index (κ2) is 6.56. The van der Waals surface area contributed by atoms with Crippen LogP contribution in [0.3, 0.4) is 0 Å². The smallest absolute Gasteiger partial charge is 0.243 e. The van der Waals surface area contributed by atoms with Gasteiger partial charge in [0.05, 0.1) is 6.21 Å². The third-order valence-corrected chi connectivity index (χ3v) is 4.86. The molecule has 3 nitrogen and oxygen atoms in total. The maximum absolute atomic E-state index is 12.2. The molecule has 1 amide bonds. The summed E-state index contributed by atoms with van der Waals surface area (Å²) >= 11 is 3.42. The van der Waals surface area contributed by atoms with Gasteiger partial charge in [-0.15, -0.1) is 0 Å². The Kier molecular flexibility index (Phi) is 4.54. The molecule has 0 heterocycles. The van der Waals surface area contributed by atoms with Gasteiger partial charge in [-0.3, -0.25) is 4.79 Å². The van der Waals surface area contributed by atoms with E-state index in [1.807, 2.05) is 24.3 Å². The van der Waals surface area contributed by atoms with Crippen LogP contribution in [-0.2, 0) is 4.79 Å². The molecular formula is C17H19BrN2O. The molecule has 0 saturated heterocycles. The van der Waals surface area contributed by atoms with Crippen molar-refractivity contribution in [2.24, 2.45) is 22.9 Å². The summed E-state index contributed by atoms with van der Waals surface area (Å²) in [7, 11) is 0. The molecule has 110 valence electrons. The molecule has 2 atom stereocenters. The van der Waals surface area contributed by atoms with Crippen LogP contribution < -0.4 is 5.43 Å². The summed E-state index contributed by atoms with van der Waals surface area (Å²) in [6.45, 7) is 0. The van der Waals surface area contributed by atoms with E-state index in [9.17, 15) is 4.79 Å². The van der Waals surface area contributed by atoms with Gasteiger partial charge in [0, 0.05) is 10.4 Å². The Morgan fingerprint density at radius 2 is 1.95 bits per heavy atom. The van der Waals surface area contributed by atoms with E-state index in [1.54, 1.807) is 6.21 Å². The molecule has 0 bridgehead atoms. The predicted molar refractivity (Wildman–Crippen MR) is 88.0 cm³/mol. The first kappa shape index (κ1) is 14.5. The molecule has 1 fully saturated rings. The lowest BCUT2D eigenvalue weighted by atomic mass is 10.1. The largest absolute Gasteiger partial charge is 0.273 e. The average Bonchev–Trinajstić information content (AvgIpc) is 3.10. The van der Waals surface area contributed by atoms with Gasteiger partial charge in [0.1, 0.15) is 0 Å². The zero-order valence-electron chi connectivity index (χ0n) is 11.8. The number of halogens is 1.